The number of rotatable bonds is 6. The van der Waals surface area contributed by atoms with Gasteiger partial charge in [0, 0.05) is 51.3 Å². The number of para-hydroxylation sites is 1. The van der Waals surface area contributed by atoms with Crippen LogP contribution in [0.4, 0.5) is 11.6 Å². The van der Waals surface area contributed by atoms with Crippen molar-refractivity contribution in [2.24, 2.45) is 5.92 Å². The fraction of sp³-hybridized carbons (Fsp3) is 0.421. The van der Waals surface area contributed by atoms with Crippen LogP contribution in [0.3, 0.4) is 0 Å². The largest absolute Gasteiger partial charge is 0.371 e. The number of amides is 1. The monoisotopic (exact) mass is 339 g/mol. The highest BCUT2D eigenvalue weighted by Gasteiger charge is 2.25. The Morgan fingerprint density at radius 1 is 1.28 bits per heavy atom. The molecule has 1 fully saturated rings. The SMILES string of the molecule is CCNc1ncc(C(=O)N(C)CC2CCN(c3ccccc3)C2)cn1. The van der Waals surface area contributed by atoms with Crippen LogP contribution in [0.1, 0.15) is 23.7 Å². The third-order valence-electron chi connectivity index (χ3n) is 4.52. The zero-order valence-electron chi connectivity index (χ0n) is 14.9. The lowest BCUT2D eigenvalue weighted by Gasteiger charge is -2.22. The van der Waals surface area contributed by atoms with E-state index in [9.17, 15) is 4.79 Å². The van der Waals surface area contributed by atoms with Crippen LogP contribution < -0.4 is 10.2 Å². The average Bonchev–Trinajstić information content (AvgIpc) is 3.11. The van der Waals surface area contributed by atoms with E-state index in [-0.39, 0.29) is 5.91 Å². The van der Waals surface area contributed by atoms with Gasteiger partial charge < -0.3 is 15.1 Å². The van der Waals surface area contributed by atoms with E-state index in [1.807, 2.05) is 20.0 Å². The van der Waals surface area contributed by atoms with Crippen molar-refractivity contribution < 1.29 is 4.79 Å². The molecule has 1 unspecified atom stereocenters. The average molecular weight is 339 g/mol. The van der Waals surface area contributed by atoms with Crippen LogP contribution in [0.2, 0.25) is 0 Å². The van der Waals surface area contributed by atoms with E-state index in [1.165, 1.54) is 5.69 Å². The lowest BCUT2D eigenvalue weighted by molar-refractivity contribution is 0.0775. The highest BCUT2D eigenvalue weighted by atomic mass is 16.2. The molecule has 1 saturated heterocycles. The first kappa shape index (κ1) is 17.2. The normalized spacial score (nSPS) is 16.7. The molecule has 1 amide bonds. The molecule has 6 heteroatoms. The van der Waals surface area contributed by atoms with Crippen molar-refractivity contribution in [3.63, 3.8) is 0 Å². The predicted octanol–water partition coefficient (Wildman–Crippen LogP) is 2.51. The van der Waals surface area contributed by atoms with Crippen LogP contribution in [-0.4, -0.2) is 54.0 Å². The molecule has 0 radical (unpaired) electrons. The quantitative estimate of drug-likeness (QED) is 0.876. The van der Waals surface area contributed by atoms with Gasteiger partial charge in [0.2, 0.25) is 5.95 Å². The standard InChI is InChI=1S/C19H25N5O/c1-3-20-19-21-11-16(12-22-19)18(25)23(2)13-15-9-10-24(14-15)17-7-5-4-6-8-17/h4-8,11-12,15H,3,9-10,13-14H2,1-2H3,(H,20,21,22). The Morgan fingerprint density at radius 2 is 2.00 bits per heavy atom. The van der Waals surface area contributed by atoms with Gasteiger partial charge >= 0.3 is 0 Å². The molecule has 0 bridgehead atoms. The maximum absolute atomic E-state index is 12.6. The third kappa shape index (κ3) is 4.26. The number of nitrogens with one attached hydrogen (secondary N) is 1. The van der Waals surface area contributed by atoms with Gasteiger partial charge in [-0.1, -0.05) is 18.2 Å². The van der Waals surface area contributed by atoms with Crippen molar-refractivity contribution >= 4 is 17.5 Å². The van der Waals surface area contributed by atoms with Crippen LogP contribution in [0.15, 0.2) is 42.7 Å². The summed E-state index contributed by atoms with van der Waals surface area (Å²) in [6.07, 6.45) is 4.28. The van der Waals surface area contributed by atoms with Crippen molar-refractivity contribution in [3.05, 3.63) is 48.3 Å². The van der Waals surface area contributed by atoms with Gasteiger partial charge in [-0.2, -0.15) is 0 Å². The number of nitrogens with zero attached hydrogens (tertiary/aromatic N) is 4. The number of carbonyl (C=O) groups excluding carboxylic acids is 1. The molecule has 1 N–H and O–H groups in total. The van der Waals surface area contributed by atoms with E-state index < -0.39 is 0 Å². The third-order valence-corrected chi connectivity index (χ3v) is 4.52. The van der Waals surface area contributed by atoms with Gasteiger partial charge in [0.15, 0.2) is 0 Å². The second kappa shape index (κ2) is 7.96. The Hall–Kier alpha value is -2.63. The van der Waals surface area contributed by atoms with E-state index in [0.717, 1.165) is 32.6 Å². The zero-order chi connectivity index (χ0) is 17.6. The minimum atomic E-state index is -0.0267. The van der Waals surface area contributed by atoms with Crippen molar-refractivity contribution in [2.75, 3.05) is 43.4 Å². The highest BCUT2D eigenvalue weighted by Crippen LogP contribution is 2.24. The summed E-state index contributed by atoms with van der Waals surface area (Å²) in [6, 6.07) is 10.4. The zero-order valence-corrected chi connectivity index (χ0v) is 14.9. The maximum atomic E-state index is 12.6. The minimum absolute atomic E-state index is 0.0267. The van der Waals surface area contributed by atoms with Crippen LogP contribution in [0, 0.1) is 5.92 Å². The van der Waals surface area contributed by atoms with Crippen molar-refractivity contribution in [1.29, 1.82) is 0 Å². The van der Waals surface area contributed by atoms with Crippen molar-refractivity contribution in [3.8, 4) is 0 Å². The van der Waals surface area contributed by atoms with Crippen LogP contribution in [0.25, 0.3) is 0 Å². The lowest BCUT2D eigenvalue weighted by Crippen LogP contribution is -2.33. The Labute approximate surface area is 148 Å². The first-order chi connectivity index (χ1) is 12.2. The molecule has 1 aromatic heterocycles. The van der Waals surface area contributed by atoms with E-state index in [2.05, 4.69) is 44.5 Å². The lowest BCUT2D eigenvalue weighted by atomic mass is 10.1. The fourth-order valence-electron chi connectivity index (χ4n) is 3.23. The number of benzene rings is 1. The molecule has 1 aliphatic rings. The molecule has 1 aliphatic heterocycles. The van der Waals surface area contributed by atoms with Crippen molar-refractivity contribution in [1.82, 2.24) is 14.9 Å². The molecule has 1 atom stereocenters. The molecule has 2 heterocycles. The van der Waals surface area contributed by atoms with Crippen LogP contribution >= 0.6 is 0 Å². The number of anilines is 2. The van der Waals surface area contributed by atoms with Gasteiger partial charge in [0.05, 0.1) is 5.56 Å². The van der Waals surface area contributed by atoms with Gasteiger partial charge in [0.1, 0.15) is 0 Å². The molecule has 132 valence electrons. The first-order valence-electron chi connectivity index (χ1n) is 8.78. The van der Waals surface area contributed by atoms with Gasteiger partial charge in [-0.15, -0.1) is 0 Å². The second-order valence-electron chi connectivity index (χ2n) is 6.45. The summed E-state index contributed by atoms with van der Waals surface area (Å²) >= 11 is 0. The summed E-state index contributed by atoms with van der Waals surface area (Å²) in [5.74, 6) is 1.01. The highest BCUT2D eigenvalue weighted by molar-refractivity contribution is 5.93. The Kier molecular flexibility index (Phi) is 5.48. The van der Waals surface area contributed by atoms with E-state index >= 15 is 0 Å². The summed E-state index contributed by atoms with van der Waals surface area (Å²) in [6.45, 7) is 5.51. The topological polar surface area (TPSA) is 61.4 Å². The van der Waals surface area contributed by atoms with Gasteiger partial charge in [-0.25, -0.2) is 9.97 Å². The van der Waals surface area contributed by atoms with Gasteiger partial charge in [0.25, 0.3) is 5.91 Å². The van der Waals surface area contributed by atoms with E-state index in [0.29, 0.717) is 17.4 Å². The van der Waals surface area contributed by atoms with Crippen molar-refractivity contribution in [2.45, 2.75) is 13.3 Å². The molecule has 0 saturated carbocycles. The number of aromatic nitrogens is 2. The minimum Gasteiger partial charge on any atom is -0.371 e. The summed E-state index contributed by atoms with van der Waals surface area (Å²) in [5.41, 5.74) is 1.79. The van der Waals surface area contributed by atoms with Crippen LogP contribution in [0.5, 0.6) is 0 Å². The number of hydrogen-bond acceptors (Lipinski definition) is 5. The Balaban J connectivity index is 1.55. The van der Waals surface area contributed by atoms with Gasteiger partial charge in [-0.3, -0.25) is 4.79 Å². The molecule has 2 aromatic rings. The smallest absolute Gasteiger partial charge is 0.256 e. The number of hydrogen-bond donors (Lipinski definition) is 1. The molecular weight excluding hydrogens is 314 g/mol. The van der Waals surface area contributed by atoms with E-state index in [4.69, 9.17) is 0 Å². The van der Waals surface area contributed by atoms with Crippen LogP contribution in [-0.2, 0) is 0 Å². The Morgan fingerprint density at radius 3 is 2.68 bits per heavy atom. The summed E-state index contributed by atoms with van der Waals surface area (Å²) in [5, 5.41) is 3.03. The molecule has 0 spiro atoms. The molecule has 3 rings (SSSR count). The fourth-order valence-corrected chi connectivity index (χ4v) is 3.23. The molecule has 6 nitrogen and oxygen atoms in total. The summed E-state index contributed by atoms with van der Waals surface area (Å²) < 4.78 is 0. The Bertz CT molecular complexity index is 689. The molecule has 25 heavy (non-hydrogen) atoms. The molecular formula is C19H25N5O. The predicted molar refractivity (Wildman–Crippen MR) is 99.9 cm³/mol. The number of carbonyl (C=O) groups is 1. The molecule has 0 aliphatic carbocycles. The second-order valence-corrected chi connectivity index (χ2v) is 6.45. The molecule has 1 aromatic carbocycles. The summed E-state index contributed by atoms with van der Waals surface area (Å²) in [7, 11) is 1.85. The first-order valence-corrected chi connectivity index (χ1v) is 8.78. The van der Waals surface area contributed by atoms with E-state index in [1.54, 1.807) is 17.3 Å². The summed E-state index contributed by atoms with van der Waals surface area (Å²) in [4.78, 5) is 25.1. The maximum Gasteiger partial charge on any atom is 0.256 e. The van der Waals surface area contributed by atoms with Gasteiger partial charge in [-0.05, 0) is 31.4 Å².